The predicted octanol–water partition coefficient (Wildman–Crippen LogP) is 2.61. The van der Waals surface area contributed by atoms with Crippen molar-refractivity contribution in [1.82, 2.24) is 19.7 Å². The molecule has 3 aromatic rings. The lowest BCUT2D eigenvalue weighted by atomic mass is 9.89. The van der Waals surface area contributed by atoms with Gasteiger partial charge in [0.1, 0.15) is 0 Å². The highest BCUT2D eigenvalue weighted by Gasteiger charge is 2.34. The standard InChI is InChI=1S/C24H26N6O3/c1-15-3-8-21(17-4-6-20(7-5-17)30-14-16(2)10-27-30)29(13-15)24(33)23(32)28-19-9-18(22(25)31)11-26-12-19/h4-7,9-12,14-15,21H,3,8,13H2,1-2H3,(H2,25,31)(H,28,32)/t15-,21+/m1/s1. The first kappa shape index (κ1) is 22.2. The summed E-state index contributed by atoms with van der Waals surface area (Å²) in [5.41, 5.74) is 8.62. The van der Waals surface area contributed by atoms with E-state index in [2.05, 4.69) is 22.3 Å². The average molecular weight is 447 g/mol. The molecule has 33 heavy (non-hydrogen) atoms. The molecule has 1 fully saturated rings. The van der Waals surface area contributed by atoms with Crippen molar-refractivity contribution in [2.45, 2.75) is 32.7 Å². The normalized spacial score (nSPS) is 18.1. The number of nitrogens with zero attached hydrogens (tertiary/aromatic N) is 4. The van der Waals surface area contributed by atoms with E-state index in [0.29, 0.717) is 6.54 Å². The second-order valence-electron chi connectivity index (χ2n) is 8.49. The molecule has 0 saturated carbocycles. The number of benzene rings is 1. The second kappa shape index (κ2) is 9.23. The van der Waals surface area contributed by atoms with E-state index in [4.69, 9.17) is 5.73 Å². The number of nitrogens with one attached hydrogen (secondary N) is 1. The summed E-state index contributed by atoms with van der Waals surface area (Å²) in [5.74, 6) is -1.78. The van der Waals surface area contributed by atoms with Gasteiger partial charge in [0.15, 0.2) is 0 Å². The Morgan fingerprint density at radius 3 is 2.52 bits per heavy atom. The number of nitrogens with two attached hydrogens (primary N) is 1. The number of likely N-dealkylation sites (tertiary alicyclic amines) is 1. The molecule has 170 valence electrons. The van der Waals surface area contributed by atoms with Gasteiger partial charge in [0, 0.05) is 18.9 Å². The Hall–Kier alpha value is -4.01. The van der Waals surface area contributed by atoms with Crippen molar-refractivity contribution in [3.63, 3.8) is 0 Å². The van der Waals surface area contributed by atoms with Crippen molar-refractivity contribution in [2.24, 2.45) is 11.7 Å². The van der Waals surface area contributed by atoms with Gasteiger partial charge in [-0.1, -0.05) is 19.1 Å². The van der Waals surface area contributed by atoms with Crippen LogP contribution in [0.25, 0.3) is 5.69 Å². The largest absolute Gasteiger partial charge is 0.366 e. The van der Waals surface area contributed by atoms with E-state index >= 15 is 0 Å². The Labute approximate surface area is 191 Å². The fourth-order valence-electron chi connectivity index (χ4n) is 4.08. The summed E-state index contributed by atoms with van der Waals surface area (Å²) in [6, 6.07) is 9.07. The molecule has 9 nitrogen and oxygen atoms in total. The molecule has 2 aromatic heterocycles. The first-order valence-electron chi connectivity index (χ1n) is 10.8. The highest BCUT2D eigenvalue weighted by molar-refractivity contribution is 6.39. The molecule has 0 spiro atoms. The molecule has 0 bridgehead atoms. The number of hydrogen-bond acceptors (Lipinski definition) is 5. The summed E-state index contributed by atoms with van der Waals surface area (Å²) in [4.78, 5) is 42.8. The molecule has 1 aliphatic rings. The highest BCUT2D eigenvalue weighted by Crippen LogP contribution is 2.34. The zero-order valence-corrected chi connectivity index (χ0v) is 18.6. The number of rotatable bonds is 4. The third kappa shape index (κ3) is 4.92. The number of pyridine rings is 1. The molecule has 1 aliphatic heterocycles. The van der Waals surface area contributed by atoms with Gasteiger partial charge in [-0.2, -0.15) is 5.10 Å². The van der Waals surface area contributed by atoms with Crippen molar-refractivity contribution in [3.8, 4) is 5.69 Å². The first-order valence-corrected chi connectivity index (χ1v) is 10.8. The first-order chi connectivity index (χ1) is 15.8. The molecule has 0 radical (unpaired) electrons. The molecule has 1 saturated heterocycles. The fourth-order valence-corrected chi connectivity index (χ4v) is 4.08. The zero-order chi connectivity index (χ0) is 23.5. The van der Waals surface area contributed by atoms with Crippen molar-refractivity contribution in [2.75, 3.05) is 11.9 Å². The van der Waals surface area contributed by atoms with Gasteiger partial charge in [-0.15, -0.1) is 0 Å². The molecule has 1 aromatic carbocycles. The lowest BCUT2D eigenvalue weighted by Crippen LogP contribution is -2.46. The van der Waals surface area contributed by atoms with Crippen LogP contribution in [-0.2, 0) is 9.59 Å². The second-order valence-corrected chi connectivity index (χ2v) is 8.49. The molecule has 0 aliphatic carbocycles. The number of amides is 3. The summed E-state index contributed by atoms with van der Waals surface area (Å²) in [5, 5.41) is 6.87. The van der Waals surface area contributed by atoms with Crippen LogP contribution in [0.2, 0.25) is 0 Å². The fraction of sp³-hybridized carbons (Fsp3) is 0.292. The topological polar surface area (TPSA) is 123 Å². The minimum absolute atomic E-state index is 0.150. The number of piperidine rings is 1. The molecule has 3 N–H and O–H groups in total. The van der Waals surface area contributed by atoms with Crippen molar-refractivity contribution in [1.29, 1.82) is 0 Å². The molecule has 3 heterocycles. The number of anilines is 1. The summed E-state index contributed by atoms with van der Waals surface area (Å²) in [6.45, 7) is 4.53. The van der Waals surface area contributed by atoms with E-state index in [-0.39, 0.29) is 23.2 Å². The van der Waals surface area contributed by atoms with Crippen LogP contribution in [0.3, 0.4) is 0 Å². The quantitative estimate of drug-likeness (QED) is 0.597. The summed E-state index contributed by atoms with van der Waals surface area (Å²) >= 11 is 0. The molecule has 3 amide bonds. The minimum atomic E-state index is -0.777. The van der Waals surface area contributed by atoms with Crippen LogP contribution >= 0.6 is 0 Å². The number of aromatic nitrogens is 3. The van der Waals surface area contributed by atoms with Gasteiger partial charge in [0.2, 0.25) is 5.91 Å². The van der Waals surface area contributed by atoms with E-state index in [1.54, 1.807) is 15.8 Å². The van der Waals surface area contributed by atoms with Gasteiger partial charge in [-0.3, -0.25) is 19.4 Å². The summed E-state index contributed by atoms with van der Waals surface area (Å²) in [7, 11) is 0. The van der Waals surface area contributed by atoms with Crippen LogP contribution in [-0.4, -0.2) is 43.9 Å². The Kier molecular flexibility index (Phi) is 6.21. The Bertz CT molecular complexity index is 1190. The summed E-state index contributed by atoms with van der Waals surface area (Å²) in [6.07, 6.45) is 8.13. The van der Waals surface area contributed by atoms with Gasteiger partial charge in [0.25, 0.3) is 0 Å². The summed E-state index contributed by atoms with van der Waals surface area (Å²) < 4.78 is 1.80. The monoisotopic (exact) mass is 446 g/mol. The van der Waals surface area contributed by atoms with Gasteiger partial charge in [0.05, 0.1) is 35.4 Å². The van der Waals surface area contributed by atoms with Gasteiger partial charge < -0.3 is 16.0 Å². The van der Waals surface area contributed by atoms with E-state index < -0.39 is 17.7 Å². The third-order valence-corrected chi connectivity index (χ3v) is 5.81. The maximum absolute atomic E-state index is 13.1. The molecule has 9 heteroatoms. The Morgan fingerprint density at radius 2 is 1.85 bits per heavy atom. The lowest BCUT2D eigenvalue weighted by molar-refractivity contribution is -0.146. The lowest BCUT2D eigenvalue weighted by Gasteiger charge is -2.38. The van der Waals surface area contributed by atoms with Gasteiger partial charge >= 0.3 is 11.8 Å². The predicted molar refractivity (Wildman–Crippen MR) is 123 cm³/mol. The minimum Gasteiger partial charge on any atom is -0.366 e. The zero-order valence-electron chi connectivity index (χ0n) is 18.6. The van der Waals surface area contributed by atoms with Crippen LogP contribution < -0.4 is 11.1 Å². The SMILES string of the molecule is Cc1cnn(-c2ccc([C@@H]3CC[C@@H](C)CN3C(=O)C(=O)Nc3cncc(C(N)=O)c3)cc2)c1. The van der Waals surface area contributed by atoms with E-state index in [9.17, 15) is 14.4 Å². The van der Waals surface area contributed by atoms with Gasteiger partial charge in [-0.25, -0.2) is 4.68 Å². The van der Waals surface area contributed by atoms with Crippen LogP contribution in [0, 0.1) is 12.8 Å². The maximum atomic E-state index is 13.1. The number of primary amides is 1. The number of hydrogen-bond donors (Lipinski definition) is 2. The van der Waals surface area contributed by atoms with E-state index in [1.165, 1.54) is 18.5 Å². The molecule has 2 atom stereocenters. The molecule has 0 unspecified atom stereocenters. The molecular formula is C24H26N6O3. The maximum Gasteiger partial charge on any atom is 0.313 e. The van der Waals surface area contributed by atoms with Crippen molar-refractivity contribution >= 4 is 23.4 Å². The van der Waals surface area contributed by atoms with E-state index in [0.717, 1.165) is 29.7 Å². The van der Waals surface area contributed by atoms with Crippen molar-refractivity contribution < 1.29 is 14.4 Å². The number of carbonyl (C=O) groups is 3. The number of aryl methyl sites for hydroxylation is 1. The van der Waals surface area contributed by atoms with Gasteiger partial charge in [-0.05, 0) is 55.0 Å². The number of carbonyl (C=O) groups excluding carboxylic acids is 3. The average Bonchev–Trinajstić information content (AvgIpc) is 3.25. The highest BCUT2D eigenvalue weighted by atomic mass is 16.2. The van der Waals surface area contributed by atoms with Crippen LogP contribution in [0.4, 0.5) is 5.69 Å². The van der Waals surface area contributed by atoms with Crippen LogP contribution in [0.15, 0.2) is 55.1 Å². The van der Waals surface area contributed by atoms with Crippen molar-refractivity contribution in [3.05, 3.63) is 71.8 Å². The van der Waals surface area contributed by atoms with E-state index in [1.807, 2.05) is 37.4 Å². The Morgan fingerprint density at radius 1 is 1.09 bits per heavy atom. The third-order valence-electron chi connectivity index (χ3n) is 5.81. The smallest absolute Gasteiger partial charge is 0.313 e. The molecule has 4 rings (SSSR count). The Balaban J connectivity index is 1.52. The van der Waals surface area contributed by atoms with Crippen LogP contribution in [0.5, 0.6) is 0 Å². The molecular weight excluding hydrogens is 420 g/mol. The van der Waals surface area contributed by atoms with Crippen LogP contribution in [0.1, 0.15) is 47.3 Å².